The van der Waals surface area contributed by atoms with Crippen LogP contribution in [-0.4, -0.2) is 29.1 Å². The van der Waals surface area contributed by atoms with Gasteiger partial charge in [0.25, 0.3) is 5.91 Å². The first kappa shape index (κ1) is 15.5. The number of nitrogens with one attached hydrogen (secondary N) is 1. The standard InChI is InChI=1S/C16H21NO4S/c1-16(6-3-2-4-11(16)15(19)20)17-14(18)13-8-10-9-21-7-5-12(10)22-13/h8,11H,2-7,9H2,1H3,(H,17,18)(H,19,20). The third kappa shape index (κ3) is 2.90. The first-order valence-corrected chi connectivity index (χ1v) is 8.56. The molecule has 22 heavy (non-hydrogen) atoms. The Bertz CT molecular complexity index is 573. The summed E-state index contributed by atoms with van der Waals surface area (Å²) in [6.45, 7) is 3.13. The van der Waals surface area contributed by atoms with Gasteiger partial charge in [0, 0.05) is 11.3 Å². The van der Waals surface area contributed by atoms with Crippen LogP contribution < -0.4 is 5.32 Å². The van der Waals surface area contributed by atoms with Gasteiger partial charge >= 0.3 is 5.97 Å². The Hall–Kier alpha value is -1.40. The molecule has 6 heteroatoms. The first-order chi connectivity index (χ1) is 10.5. The van der Waals surface area contributed by atoms with Crippen LogP contribution in [0.4, 0.5) is 0 Å². The number of carbonyl (C=O) groups excluding carboxylic acids is 1. The molecule has 120 valence electrons. The summed E-state index contributed by atoms with van der Waals surface area (Å²) in [5.41, 5.74) is 0.423. The number of hydrogen-bond donors (Lipinski definition) is 2. The fraction of sp³-hybridized carbons (Fsp3) is 0.625. The molecule has 2 unspecified atom stereocenters. The number of thiophene rings is 1. The number of aliphatic carboxylic acids is 1. The van der Waals surface area contributed by atoms with E-state index in [-0.39, 0.29) is 5.91 Å². The smallest absolute Gasteiger partial charge is 0.308 e. The van der Waals surface area contributed by atoms with E-state index in [1.807, 2.05) is 13.0 Å². The maximum Gasteiger partial charge on any atom is 0.308 e. The number of carbonyl (C=O) groups is 2. The Kier molecular flexibility index (Phi) is 4.23. The number of hydrogen-bond acceptors (Lipinski definition) is 4. The first-order valence-electron chi connectivity index (χ1n) is 7.74. The highest BCUT2D eigenvalue weighted by atomic mass is 32.1. The highest BCUT2D eigenvalue weighted by molar-refractivity contribution is 7.14. The third-order valence-corrected chi connectivity index (χ3v) is 5.99. The Morgan fingerprint density at radius 2 is 2.27 bits per heavy atom. The second kappa shape index (κ2) is 6.01. The van der Waals surface area contributed by atoms with E-state index >= 15 is 0 Å². The zero-order valence-corrected chi connectivity index (χ0v) is 13.5. The monoisotopic (exact) mass is 323 g/mol. The largest absolute Gasteiger partial charge is 0.481 e. The predicted molar refractivity (Wildman–Crippen MR) is 83.1 cm³/mol. The lowest BCUT2D eigenvalue weighted by atomic mass is 9.74. The Morgan fingerprint density at radius 1 is 1.45 bits per heavy atom. The van der Waals surface area contributed by atoms with Crippen molar-refractivity contribution in [2.75, 3.05) is 6.61 Å². The predicted octanol–water partition coefficient (Wildman–Crippen LogP) is 2.58. The maximum atomic E-state index is 12.6. The molecule has 1 saturated carbocycles. The van der Waals surface area contributed by atoms with Crippen LogP contribution in [-0.2, 0) is 22.6 Å². The highest BCUT2D eigenvalue weighted by Crippen LogP contribution is 2.35. The fourth-order valence-corrected chi connectivity index (χ4v) is 4.50. The van der Waals surface area contributed by atoms with Crippen molar-refractivity contribution in [3.8, 4) is 0 Å². The van der Waals surface area contributed by atoms with Crippen LogP contribution in [0.25, 0.3) is 0 Å². The van der Waals surface area contributed by atoms with Gasteiger partial charge in [-0.15, -0.1) is 11.3 Å². The maximum absolute atomic E-state index is 12.6. The van der Waals surface area contributed by atoms with E-state index in [1.165, 1.54) is 16.2 Å². The van der Waals surface area contributed by atoms with E-state index in [2.05, 4.69) is 5.32 Å². The topological polar surface area (TPSA) is 75.6 Å². The molecule has 1 aromatic heterocycles. The van der Waals surface area contributed by atoms with Gasteiger partial charge in [-0.3, -0.25) is 9.59 Å². The molecule has 2 N–H and O–H groups in total. The van der Waals surface area contributed by atoms with Crippen LogP contribution in [0.3, 0.4) is 0 Å². The van der Waals surface area contributed by atoms with Crippen LogP contribution in [0.2, 0.25) is 0 Å². The lowest BCUT2D eigenvalue weighted by Crippen LogP contribution is -2.55. The number of carboxylic acids is 1. The minimum absolute atomic E-state index is 0.157. The Labute approximate surface area is 133 Å². The molecular formula is C16H21NO4S. The molecule has 3 rings (SSSR count). The lowest BCUT2D eigenvalue weighted by molar-refractivity contribution is -0.145. The number of fused-ring (bicyclic) bond motifs is 1. The van der Waals surface area contributed by atoms with Crippen molar-refractivity contribution in [3.05, 3.63) is 21.4 Å². The van der Waals surface area contributed by atoms with Gasteiger partial charge in [0.15, 0.2) is 0 Å². The van der Waals surface area contributed by atoms with Crippen LogP contribution >= 0.6 is 11.3 Å². The summed E-state index contributed by atoms with van der Waals surface area (Å²) < 4.78 is 5.40. The van der Waals surface area contributed by atoms with Gasteiger partial charge < -0.3 is 15.2 Å². The lowest BCUT2D eigenvalue weighted by Gasteiger charge is -2.39. The van der Waals surface area contributed by atoms with E-state index in [0.717, 1.165) is 24.8 Å². The summed E-state index contributed by atoms with van der Waals surface area (Å²) in [6, 6.07) is 1.89. The van der Waals surface area contributed by atoms with E-state index in [1.54, 1.807) is 0 Å². The van der Waals surface area contributed by atoms with Crippen molar-refractivity contribution in [2.24, 2.45) is 5.92 Å². The van der Waals surface area contributed by atoms with Gasteiger partial charge in [-0.25, -0.2) is 0 Å². The molecule has 0 radical (unpaired) electrons. The number of amides is 1. The van der Waals surface area contributed by atoms with E-state index in [4.69, 9.17) is 4.74 Å². The van der Waals surface area contributed by atoms with Crippen LogP contribution in [0.15, 0.2) is 6.07 Å². The number of rotatable bonds is 3. The van der Waals surface area contributed by atoms with Gasteiger partial charge in [-0.05, 0) is 31.4 Å². The molecule has 1 aromatic rings. The van der Waals surface area contributed by atoms with Crippen LogP contribution in [0, 0.1) is 5.92 Å². The summed E-state index contributed by atoms with van der Waals surface area (Å²) in [5.74, 6) is -1.49. The van der Waals surface area contributed by atoms with Crippen LogP contribution in [0.5, 0.6) is 0 Å². The second-order valence-corrected chi connectivity index (χ2v) is 7.51. The minimum atomic E-state index is -0.818. The molecule has 1 amide bonds. The molecule has 1 fully saturated rings. The van der Waals surface area contributed by atoms with Crippen molar-refractivity contribution in [3.63, 3.8) is 0 Å². The quantitative estimate of drug-likeness (QED) is 0.896. The summed E-state index contributed by atoms with van der Waals surface area (Å²) in [4.78, 5) is 25.9. The van der Waals surface area contributed by atoms with Gasteiger partial charge in [0.05, 0.1) is 29.5 Å². The molecule has 0 saturated heterocycles. The molecule has 2 atom stereocenters. The molecule has 0 bridgehead atoms. The zero-order valence-electron chi connectivity index (χ0n) is 12.7. The highest BCUT2D eigenvalue weighted by Gasteiger charge is 2.42. The normalized spacial score (nSPS) is 28.0. The summed E-state index contributed by atoms with van der Waals surface area (Å²) in [6.07, 6.45) is 4.05. The van der Waals surface area contributed by atoms with Crippen LogP contribution in [0.1, 0.15) is 52.7 Å². The minimum Gasteiger partial charge on any atom is -0.481 e. The zero-order chi connectivity index (χ0) is 15.7. The molecule has 1 aliphatic heterocycles. The summed E-state index contributed by atoms with van der Waals surface area (Å²) in [5, 5.41) is 12.4. The molecule has 5 nitrogen and oxygen atoms in total. The third-order valence-electron chi connectivity index (χ3n) is 4.76. The molecule has 1 aliphatic carbocycles. The van der Waals surface area contributed by atoms with E-state index in [0.29, 0.717) is 30.9 Å². The SMILES string of the molecule is CC1(NC(=O)c2cc3c(s2)CCOC3)CCCCC1C(=O)O. The average molecular weight is 323 g/mol. The number of ether oxygens (including phenoxy) is 1. The van der Waals surface area contributed by atoms with Crippen molar-refractivity contribution >= 4 is 23.2 Å². The molecule has 2 heterocycles. The molecular weight excluding hydrogens is 302 g/mol. The van der Waals surface area contributed by atoms with E-state index < -0.39 is 17.4 Å². The van der Waals surface area contributed by atoms with Crippen molar-refractivity contribution in [2.45, 2.75) is 51.2 Å². The fourth-order valence-electron chi connectivity index (χ4n) is 3.46. The molecule has 0 spiro atoms. The second-order valence-electron chi connectivity index (χ2n) is 6.37. The van der Waals surface area contributed by atoms with Gasteiger partial charge in [0.2, 0.25) is 0 Å². The van der Waals surface area contributed by atoms with Crippen molar-refractivity contribution in [1.82, 2.24) is 5.32 Å². The Balaban J connectivity index is 1.77. The van der Waals surface area contributed by atoms with Gasteiger partial charge in [-0.2, -0.15) is 0 Å². The van der Waals surface area contributed by atoms with Crippen molar-refractivity contribution < 1.29 is 19.4 Å². The van der Waals surface area contributed by atoms with E-state index in [9.17, 15) is 14.7 Å². The van der Waals surface area contributed by atoms with Gasteiger partial charge in [-0.1, -0.05) is 12.8 Å². The molecule has 2 aliphatic rings. The summed E-state index contributed by atoms with van der Waals surface area (Å²) >= 11 is 1.50. The van der Waals surface area contributed by atoms with Crippen molar-refractivity contribution in [1.29, 1.82) is 0 Å². The Morgan fingerprint density at radius 3 is 3.00 bits per heavy atom. The molecule has 0 aromatic carbocycles. The van der Waals surface area contributed by atoms with Gasteiger partial charge in [0.1, 0.15) is 0 Å². The number of carboxylic acid groups (broad SMARTS) is 1. The summed E-state index contributed by atoms with van der Waals surface area (Å²) in [7, 11) is 0. The average Bonchev–Trinajstić information content (AvgIpc) is 2.91.